The summed E-state index contributed by atoms with van der Waals surface area (Å²) in [5.41, 5.74) is 1.18. The number of fused-ring (bicyclic) bond motifs is 1. The molecule has 0 radical (unpaired) electrons. The van der Waals surface area contributed by atoms with Crippen LogP contribution in [0, 0.1) is 0 Å². The van der Waals surface area contributed by atoms with Crippen LogP contribution in [0.1, 0.15) is 5.56 Å². The summed E-state index contributed by atoms with van der Waals surface area (Å²) in [5, 5.41) is 0. The molecule has 1 aromatic rings. The van der Waals surface area contributed by atoms with E-state index in [9.17, 15) is 0 Å². The average molecular weight is 162 g/mol. The number of hydrogen-bond acceptors (Lipinski definition) is 2. The minimum atomic E-state index is 0.389. The van der Waals surface area contributed by atoms with Crippen LogP contribution < -0.4 is 4.74 Å². The van der Waals surface area contributed by atoms with Crippen molar-refractivity contribution in [3.63, 3.8) is 0 Å². The highest BCUT2D eigenvalue weighted by atomic mass is 16.7. The fourth-order valence-electron chi connectivity index (χ4n) is 1.24. The van der Waals surface area contributed by atoms with Crippen LogP contribution in [0.5, 0.6) is 5.75 Å². The van der Waals surface area contributed by atoms with E-state index in [0.29, 0.717) is 12.6 Å². The number of benzene rings is 1. The first-order chi connectivity index (χ1) is 5.86. The molecule has 0 atom stereocenters. The van der Waals surface area contributed by atoms with Gasteiger partial charge in [-0.15, -0.1) is 0 Å². The molecule has 0 N–H and O–H groups in total. The third-order valence-corrected chi connectivity index (χ3v) is 1.83. The van der Waals surface area contributed by atoms with E-state index in [2.05, 4.69) is 6.58 Å². The van der Waals surface area contributed by atoms with Gasteiger partial charge in [0.25, 0.3) is 5.95 Å². The van der Waals surface area contributed by atoms with Crippen LogP contribution in [0.3, 0.4) is 0 Å². The average Bonchev–Trinajstić information content (AvgIpc) is 2.25. The van der Waals surface area contributed by atoms with Crippen molar-refractivity contribution < 1.29 is 9.47 Å². The Labute approximate surface area is 71.4 Å². The van der Waals surface area contributed by atoms with Gasteiger partial charge in [0.15, 0.2) is 0 Å². The molecule has 0 aromatic heterocycles. The standard InChI is InChI=1S/C10H10O2/c1-8-11-7-6-9-4-2-3-5-10(9)12-8/h2-5H,1,6-7H2. The minimum Gasteiger partial charge on any atom is -0.465 e. The van der Waals surface area contributed by atoms with E-state index in [-0.39, 0.29) is 0 Å². The number of para-hydroxylation sites is 1. The molecule has 62 valence electrons. The zero-order chi connectivity index (χ0) is 8.39. The van der Waals surface area contributed by atoms with Gasteiger partial charge in [0.1, 0.15) is 5.75 Å². The highest BCUT2D eigenvalue weighted by molar-refractivity contribution is 5.34. The van der Waals surface area contributed by atoms with Gasteiger partial charge in [0, 0.05) is 6.42 Å². The lowest BCUT2D eigenvalue weighted by atomic mass is 10.1. The van der Waals surface area contributed by atoms with Crippen LogP contribution in [0.15, 0.2) is 36.8 Å². The van der Waals surface area contributed by atoms with Crippen molar-refractivity contribution >= 4 is 0 Å². The number of rotatable bonds is 0. The summed E-state index contributed by atoms with van der Waals surface area (Å²) in [7, 11) is 0. The Bertz CT molecular complexity index is 304. The molecular formula is C10H10O2. The maximum atomic E-state index is 5.34. The summed E-state index contributed by atoms with van der Waals surface area (Å²) in [6.07, 6.45) is 0.884. The molecule has 0 aliphatic carbocycles. The summed E-state index contributed by atoms with van der Waals surface area (Å²) in [5.74, 6) is 1.25. The first-order valence-electron chi connectivity index (χ1n) is 3.94. The molecule has 12 heavy (non-hydrogen) atoms. The Kier molecular flexibility index (Phi) is 1.74. The van der Waals surface area contributed by atoms with Gasteiger partial charge in [-0.05, 0) is 18.2 Å². The molecule has 1 aromatic carbocycles. The van der Waals surface area contributed by atoms with E-state index >= 15 is 0 Å². The summed E-state index contributed by atoms with van der Waals surface area (Å²) in [4.78, 5) is 0. The van der Waals surface area contributed by atoms with Crippen molar-refractivity contribution in [1.29, 1.82) is 0 Å². The van der Waals surface area contributed by atoms with E-state index < -0.39 is 0 Å². The summed E-state index contributed by atoms with van der Waals surface area (Å²) in [6.45, 7) is 4.28. The van der Waals surface area contributed by atoms with Gasteiger partial charge < -0.3 is 9.47 Å². The molecule has 0 amide bonds. The first-order valence-corrected chi connectivity index (χ1v) is 3.94. The van der Waals surface area contributed by atoms with Crippen LogP contribution in [-0.2, 0) is 11.2 Å². The smallest absolute Gasteiger partial charge is 0.277 e. The lowest BCUT2D eigenvalue weighted by Crippen LogP contribution is -1.95. The molecule has 0 unspecified atom stereocenters. The molecule has 1 aliphatic rings. The van der Waals surface area contributed by atoms with Crippen LogP contribution in [0.25, 0.3) is 0 Å². The van der Waals surface area contributed by atoms with E-state index in [0.717, 1.165) is 12.2 Å². The van der Waals surface area contributed by atoms with Crippen molar-refractivity contribution in [3.8, 4) is 5.75 Å². The first kappa shape index (κ1) is 7.22. The number of hydrogen-bond donors (Lipinski definition) is 0. The predicted octanol–water partition coefficient (Wildman–Crippen LogP) is 2.11. The van der Waals surface area contributed by atoms with Gasteiger partial charge in [-0.25, -0.2) is 0 Å². The maximum Gasteiger partial charge on any atom is 0.277 e. The number of ether oxygens (including phenoxy) is 2. The van der Waals surface area contributed by atoms with Gasteiger partial charge in [0.2, 0.25) is 0 Å². The third kappa shape index (κ3) is 1.28. The van der Waals surface area contributed by atoms with Crippen molar-refractivity contribution in [2.75, 3.05) is 6.61 Å². The predicted molar refractivity (Wildman–Crippen MR) is 45.9 cm³/mol. The van der Waals surface area contributed by atoms with E-state index in [1.165, 1.54) is 5.56 Å². The fraction of sp³-hybridized carbons (Fsp3) is 0.200. The topological polar surface area (TPSA) is 18.5 Å². The van der Waals surface area contributed by atoms with E-state index in [1.807, 2.05) is 24.3 Å². The van der Waals surface area contributed by atoms with E-state index in [4.69, 9.17) is 9.47 Å². The second kappa shape index (κ2) is 2.89. The van der Waals surface area contributed by atoms with Crippen LogP contribution >= 0.6 is 0 Å². The Balaban J connectivity index is 2.37. The molecule has 1 aliphatic heterocycles. The van der Waals surface area contributed by atoms with E-state index in [1.54, 1.807) is 0 Å². The molecule has 2 rings (SSSR count). The highest BCUT2D eigenvalue weighted by Gasteiger charge is 2.09. The van der Waals surface area contributed by atoms with Gasteiger partial charge in [0.05, 0.1) is 6.61 Å². The van der Waals surface area contributed by atoms with Gasteiger partial charge in [-0.3, -0.25) is 0 Å². The molecular weight excluding hydrogens is 152 g/mol. The van der Waals surface area contributed by atoms with Crippen molar-refractivity contribution in [1.82, 2.24) is 0 Å². The SMILES string of the molecule is C=C1OCCc2ccccc2O1. The second-order valence-corrected chi connectivity index (χ2v) is 2.68. The molecule has 0 bridgehead atoms. The van der Waals surface area contributed by atoms with Crippen LogP contribution in [0.4, 0.5) is 0 Å². The highest BCUT2D eigenvalue weighted by Crippen LogP contribution is 2.23. The Hall–Kier alpha value is -1.44. The van der Waals surface area contributed by atoms with Crippen LogP contribution in [-0.4, -0.2) is 6.61 Å². The third-order valence-electron chi connectivity index (χ3n) is 1.83. The Morgan fingerprint density at radius 3 is 3.00 bits per heavy atom. The molecule has 2 nitrogen and oxygen atoms in total. The fourth-order valence-corrected chi connectivity index (χ4v) is 1.24. The maximum absolute atomic E-state index is 5.34. The van der Waals surface area contributed by atoms with Gasteiger partial charge >= 0.3 is 0 Å². The molecule has 1 heterocycles. The lowest BCUT2D eigenvalue weighted by Gasteiger charge is -2.04. The van der Waals surface area contributed by atoms with Crippen LogP contribution in [0.2, 0.25) is 0 Å². The Morgan fingerprint density at radius 2 is 2.08 bits per heavy atom. The normalized spacial score (nSPS) is 15.5. The summed E-state index contributed by atoms with van der Waals surface area (Å²) in [6, 6.07) is 7.90. The minimum absolute atomic E-state index is 0.389. The Morgan fingerprint density at radius 1 is 1.25 bits per heavy atom. The monoisotopic (exact) mass is 162 g/mol. The van der Waals surface area contributed by atoms with Crippen molar-refractivity contribution in [2.24, 2.45) is 0 Å². The quantitative estimate of drug-likeness (QED) is 0.581. The molecule has 0 saturated carbocycles. The largest absolute Gasteiger partial charge is 0.465 e. The molecule has 0 fully saturated rings. The van der Waals surface area contributed by atoms with Gasteiger partial charge in [-0.1, -0.05) is 18.2 Å². The zero-order valence-corrected chi connectivity index (χ0v) is 6.75. The summed E-state index contributed by atoms with van der Waals surface area (Å²) >= 11 is 0. The molecule has 0 saturated heterocycles. The van der Waals surface area contributed by atoms with Crippen molar-refractivity contribution in [3.05, 3.63) is 42.4 Å². The van der Waals surface area contributed by atoms with Crippen molar-refractivity contribution in [2.45, 2.75) is 6.42 Å². The summed E-state index contributed by atoms with van der Waals surface area (Å²) < 4.78 is 10.5. The molecule has 0 spiro atoms. The second-order valence-electron chi connectivity index (χ2n) is 2.68. The van der Waals surface area contributed by atoms with Gasteiger partial charge in [-0.2, -0.15) is 0 Å². The lowest BCUT2D eigenvalue weighted by molar-refractivity contribution is 0.122. The zero-order valence-electron chi connectivity index (χ0n) is 6.75. The molecule has 2 heteroatoms.